The summed E-state index contributed by atoms with van der Waals surface area (Å²) < 4.78 is 28.9. The maximum absolute atomic E-state index is 12.1. The van der Waals surface area contributed by atoms with Gasteiger partial charge in [-0.2, -0.15) is 0 Å². The second-order valence-corrected chi connectivity index (χ2v) is 8.07. The summed E-state index contributed by atoms with van der Waals surface area (Å²) >= 11 is 0. The molecule has 1 saturated heterocycles. The first-order valence-corrected chi connectivity index (χ1v) is 9.90. The first kappa shape index (κ1) is 20.2. The highest BCUT2D eigenvalue weighted by Gasteiger charge is 2.22. The van der Waals surface area contributed by atoms with E-state index >= 15 is 0 Å². The van der Waals surface area contributed by atoms with Crippen LogP contribution >= 0.6 is 12.4 Å². The van der Waals surface area contributed by atoms with E-state index in [9.17, 15) is 13.2 Å². The van der Waals surface area contributed by atoms with Crippen LogP contribution in [0.4, 0.5) is 5.69 Å². The number of hydrogen-bond acceptors (Lipinski definition) is 5. The molecule has 0 radical (unpaired) electrons. The van der Waals surface area contributed by atoms with Crippen molar-refractivity contribution in [1.29, 1.82) is 0 Å². The van der Waals surface area contributed by atoms with Crippen molar-refractivity contribution in [3.63, 3.8) is 0 Å². The molecule has 8 heteroatoms. The number of halogens is 1. The van der Waals surface area contributed by atoms with Crippen LogP contribution in [0.25, 0.3) is 0 Å². The zero-order valence-corrected chi connectivity index (χ0v) is 15.9. The van der Waals surface area contributed by atoms with Crippen LogP contribution in [0.2, 0.25) is 0 Å². The van der Waals surface area contributed by atoms with E-state index in [4.69, 9.17) is 4.74 Å². The number of rotatable bonds is 5. The minimum Gasteiger partial charge on any atom is -0.457 e. The Morgan fingerprint density at radius 3 is 2.50 bits per heavy atom. The van der Waals surface area contributed by atoms with Crippen molar-refractivity contribution in [2.45, 2.75) is 11.3 Å². The zero-order chi connectivity index (χ0) is 17.9. The van der Waals surface area contributed by atoms with Gasteiger partial charge >= 0.3 is 0 Å². The molecule has 1 aliphatic rings. The van der Waals surface area contributed by atoms with Gasteiger partial charge in [0.25, 0.3) is 0 Å². The van der Waals surface area contributed by atoms with Crippen LogP contribution < -0.4 is 15.4 Å². The summed E-state index contributed by atoms with van der Waals surface area (Å²) in [6.07, 6.45) is 2.01. The normalized spacial score (nSPS) is 16.6. The van der Waals surface area contributed by atoms with Gasteiger partial charge in [0, 0.05) is 18.5 Å². The summed E-state index contributed by atoms with van der Waals surface area (Å²) in [5.74, 6) is 1.03. The standard InChI is InChI=1S/C18H20N2O4S.ClH/c1-25(22,23)17-4-2-3-16(11-17)24-15-7-5-14(6-8-15)20-18(21)13-9-10-19-12-13;/h2-8,11,13,19H,9-10,12H2,1H3,(H,20,21);1H. The highest BCUT2D eigenvalue weighted by Crippen LogP contribution is 2.25. The predicted octanol–water partition coefficient (Wildman–Crippen LogP) is 2.85. The molecule has 6 nitrogen and oxygen atoms in total. The molecule has 1 fully saturated rings. The van der Waals surface area contributed by atoms with Gasteiger partial charge < -0.3 is 15.4 Å². The average Bonchev–Trinajstić information content (AvgIpc) is 3.11. The van der Waals surface area contributed by atoms with E-state index in [1.807, 2.05) is 0 Å². The van der Waals surface area contributed by atoms with Crippen LogP contribution in [0.5, 0.6) is 11.5 Å². The molecule has 140 valence electrons. The number of carbonyl (C=O) groups is 1. The highest BCUT2D eigenvalue weighted by molar-refractivity contribution is 7.90. The van der Waals surface area contributed by atoms with Crippen LogP contribution in [0.3, 0.4) is 0 Å². The van der Waals surface area contributed by atoms with Crippen LogP contribution in [-0.2, 0) is 14.6 Å². The summed E-state index contributed by atoms with van der Waals surface area (Å²) in [6.45, 7) is 1.58. The van der Waals surface area contributed by atoms with Crippen molar-refractivity contribution < 1.29 is 17.9 Å². The number of amides is 1. The van der Waals surface area contributed by atoms with Gasteiger partial charge in [0.05, 0.1) is 10.8 Å². The molecule has 0 aliphatic carbocycles. The topological polar surface area (TPSA) is 84.5 Å². The second-order valence-electron chi connectivity index (χ2n) is 6.05. The molecule has 2 aromatic rings. The van der Waals surface area contributed by atoms with E-state index < -0.39 is 9.84 Å². The average molecular weight is 397 g/mol. The van der Waals surface area contributed by atoms with Crippen LogP contribution in [0.1, 0.15) is 6.42 Å². The van der Waals surface area contributed by atoms with Crippen LogP contribution in [0.15, 0.2) is 53.4 Å². The summed E-state index contributed by atoms with van der Waals surface area (Å²) in [6, 6.07) is 13.3. The lowest BCUT2D eigenvalue weighted by Crippen LogP contribution is -2.24. The number of ether oxygens (including phenoxy) is 1. The summed E-state index contributed by atoms with van der Waals surface area (Å²) in [4.78, 5) is 12.3. The van der Waals surface area contributed by atoms with E-state index in [2.05, 4.69) is 10.6 Å². The minimum atomic E-state index is -3.28. The molecule has 26 heavy (non-hydrogen) atoms. The molecule has 1 aliphatic heterocycles. The van der Waals surface area contributed by atoms with Gasteiger partial charge in [-0.3, -0.25) is 4.79 Å². The molecule has 0 aromatic heterocycles. The maximum atomic E-state index is 12.1. The Balaban J connectivity index is 0.00000243. The monoisotopic (exact) mass is 396 g/mol. The Morgan fingerprint density at radius 2 is 1.88 bits per heavy atom. The molecule has 1 unspecified atom stereocenters. The Labute approximate surface area is 159 Å². The third-order valence-corrected chi connectivity index (χ3v) is 5.13. The minimum absolute atomic E-state index is 0. The number of anilines is 1. The molecular formula is C18H21ClN2O4S. The summed E-state index contributed by atoms with van der Waals surface area (Å²) in [7, 11) is -3.28. The second kappa shape index (κ2) is 8.53. The van der Waals surface area contributed by atoms with Gasteiger partial charge in [-0.1, -0.05) is 6.07 Å². The van der Waals surface area contributed by atoms with Gasteiger partial charge in [-0.25, -0.2) is 8.42 Å². The molecule has 0 spiro atoms. The number of hydrogen-bond donors (Lipinski definition) is 2. The molecular weight excluding hydrogens is 376 g/mol. The van der Waals surface area contributed by atoms with Crippen LogP contribution in [0, 0.1) is 5.92 Å². The van der Waals surface area contributed by atoms with Gasteiger partial charge in [0.15, 0.2) is 9.84 Å². The lowest BCUT2D eigenvalue weighted by atomic mass is 10.1. The fourth-order valence-corrected chi connectivity index (χ4v) is 3.29. The Kier molecular flexibility index (Phi) is 6.63. The van der Waals surface area contributed by atoms with Gasteiger partial charge in [-0.05, 0) is 55.4 Å². The summed E-state index contributed by atoms with van der Waals surface area (Å²) in [5, 5.41) is 6.06. The van der Waals surface area contributed by atoms with E-state index in [1.165, 1.54) is 12.1 Å². The molecule has 0 saturated carbocycles. The van der Waals surface area contributed by atoms with Crippen molar-refractivity contribution in [3.05, 3.63) is 48.5 Å². The number of benzene rings is 2. The molecule has 1 heterocycles. The summed E-state index contributed by atoms with van der Waals surface area (Å²) in [5.41, 5.74) is 0.703. The van der Waals surface area contributed by atoms with Gasteiger partial charge in [0.2, 0.25) is 5.91 Å². The van der Waals surface area contributed by atoms with Crippen molar-refractivity contribution >= 4 is 33.8 Å². The van der Waals surface area contributed by atoms with E-state index in [0.29, 0.717) is 23.7 Å². The fourth-order valence-electron chi connectivity index (χ4n) is 2.63. The number of nitrogens with one attached hydrogen (secondary N) is 2. The smallest absolute Gasteiger partial charge is 0.228 e. The predicted molar refractivity (Wildman–Crippen MR) is 103 cm³/mol. The van der Waals surface area contributed by atoms with Crippen molar-refractivity contribution in [2.75, 3.05) is 24.7 Å². The van der Waals surface area contributed by atoms with E-state index in [0.717, 1.165) is 19.2 Å². The van der Waals surface area contributed by atoms with Gasteiger partial charge in [0.1, 0.15) is 11.5 Å². The Morgan fingerprint density at radius 1 is 1.15 bits per heavy atom. The SMILES string of the molecule is CS(=O)(=O)c1cccc(Oc2ccc(NC(=O)C3CCNC3)cc2)c1.Cl. The first-order chi connectivity index (χ1) is 11.9. The largest absolute Gasteiger partial charge is 0.457 e. The van der Waals surface area contributed by atoms with E-state index in [-0.39, 0.29) is 29.1 Å². The van der Waals surface area contributed by atoms with Crippen molar-refractivity contribution in [1.82, 2.24) is 5.32 Å². The lowest BCUT2D eigenvalue weighted by Gasteiger charge is -2.11. The Hall–Kier alpha value is -2.09. The van der Waals surface area contributed by atoms with E-state index in [1.54, 1.807) is 36.4 Å². The molecule has 3 rings (SSSR count). The van der Waals surface area contributed by atoms with Gasteiger partial charge in [-0.15, -0.1) is 12.4 Å². The quantitative estimate of drug-likeness (QED) is 0.811. The lowest BCUT2D eigenvalue weighted by molar-refractivity contribution is -0.119. The third-order valence-electron chi connectivity index (χ3n) is 4.02. The molecule has 1 atom stereocenters. The fraction of sp³-hybridized carbons (Fsp3) is 0.278. The number of carbonyl (C=O) groups excluding carboxylic acids is 1. The first-order valence-electron chi connectivity index (χ1n) is 8.01. The maximum Gasteiger partial charge on any atom is 0.228 e. The Bertz CT molecular complexity index is 863. The molecule has 1 amide bonds. The highest BCUT2D eigenvalue weighted by atomic mass is 35.5. The van der Waals surface area contributed by atoms with Crippen molar-refractivity contribution in [3.8, 4) is 11.5 Å². The zero-order valence-electron chi connectivity index (χ0n) is 14.3. The molecule has 0 bridgehead atoms. The molecule has 2 N–H and O–H groups in total. The van der Waals surface area contributed by atoms with Crippen LogP contribution in [-0.4, -0.2) is 33.7 Å². The number of sulfone groups is 1. The molecule has 2 aromatic carbocycles. The third kappa shape index (κ3) is 5.20. The van der Waals surface area contributed by atoms with Crippen molar-refractivity contribution in [2.24, 2.45) is 5.92 Å².